The molecular formula is C24H33N3O4S. The van der Waals surface area contributed by atoms with Crippen LogP contribution in [0.25, 0.3) is 0 Å². The summed E-state index contributed by atoms with van der Waals surface area (Å²) in [5.41, 5.74) is 2.51. The summed E-state index contributed by atoms with van der Waals surface area (Å²) < 4.78 is 25.5. The van der Waals surface area contributed by atoms with Gasteiger partial charge in [-0.05, 0) is 47.7 Å². The highest BCUT2D eigenvalue weighted by Crippen LogP contribution is 2.22. The van der Waals surface area contributed by atoms with Gasteiger partial charge in [-0.1, -0.05) is 45.0 Å². The van der Waals surface area contributed by atoms with E-state index in [4.69, 9.17) is 0 Å². The van der Waals surface area contributed by atoms with E-state index in [0.717, 1.165) is 15.4 Å². The monoisotopic (exact) mass is 459 g/mol. The number of nitrogens with one attached hydrogen (secondary N) is 2. The van der Waals surface area contributed by atoms with Crippen LogP contribution in [0.2, 0.25) is 0 Å². The molecular weight excluding hydrogens is 426 g/mol. The molecule has 1 atom stereocenters. The Balaban J connectivity index is 1.84. The van der Waals surface area contributed by atoms with Crippen molar-refractivity contribution in [3.05, 3.63) is 65.2 Å². The second-order valence-corrected chi connectivity index (χ2v) is 11.1. The molecule has 0 radical (unpaired) electrons. The number of carbonyl (C=O) groups is 2. The van der Waals surface area contributed by atoms with Crippen LogP contribution in [0.15, 0.2) is 53.4 Å². The molecule has 0 heterocycles. The average molecular weight is 460 g/mol. The van der Waals surface area contributed by atoms with Crippen LogP contribution in [0.1, 0.15) is 61.6 Å². The lowest BCUT2D eigenvalue weighted by molar-refractivity contribution is -0.121. The largest absolute Gasteiger partial charge is 0.352 e. The predicted octanol–water partition coefficient (Wildman–Crippen LogP) is 3.23. The van der Waals surface area contributed by atoms with Crippen LogP contribution in [0.5, 0.6) is 0 Å². The minimum atomic E-state index is -3.49. The van der Waals surface area contributed by atoms with Crippen LogP contribution in [0.3, 0.4) is 0 Å². The van der Waals surface area contributed by atoms with E-state index in [1.54, 1.807) is 24.3 Å². The van der Waals surface area contributed by atoms with Gasteiger partial charge in [0.1, 0.15) is 0 Å². The quantitative estimate of drug-likeness (QED) is 0.634. The molecule has 2 amide bonds. The van der Waals surface area contributed by atoms with Gasteiger partial charge in [-0.25, -0.2) is 12.7 Å². The first-order chi connectivity index (χ1) is 14.8. The van der Waals surface area contributed by atoms with Gasteiger partial charge in [0.15, 0.2) is 0 Å². The van der Waals surface area contributed by atoms with Crippen molar-refractivity contribution >= 4 is 21.8 Å². The highest BCUT2D eigenvalue weighted by atomic mass is 32.2. The summed E-state index contributed by atoms with van der Waals surface area (Å²) in [5.74, 6) is -0.421. The standard InChI is InChI=1S/C24H33N3O4S/c1-17(18-9-13-21(14-10-18)32(30,31)27(5)6)26-22(28)15-16-25-23(29)19-7-11-20(12-8-19)24(2,3)4/h7-14,17H,15-16H2,1-6H3,(H,25,29)(H,26,28). The molecule has 1 unspecified atom stereocenters. The van der Waals surface area contributed by atoms with Crippen LogP contribution < -0.4 is 10.6 Å². The van der Waals surface area contributed by atoms with Crippen LogP contribution >= 0.6 is 0 Å². The van der Waals surface area contributed by atoms with Crippen LogP contribution in [0.4, 0.5) is 0 Å². The number of amides is 2. The Bertz CT molecular complexity index is 1040. The molecule has 32 heavy (non-hydrogen) atoms. The summed E-state index contributed by atoms with van der Waals surface area (Å²) in [6.45, 7) is 8.38. The van der Waals surface area contributed by atoms with Crippen molar-refractivity contribution in [2.75, 3.05) is 20.6 Å². The second-order valence-electron chi connectivity index (χ2n) is 8.98. The number of carbonyl (C=O) groups excluding carboxylic acids is 2. The number of sulfonamides is 1. The molecule has 0 saturated heterocycles. The number of hydrogen-bond acceptors (Lipinski definition) is 4. The van der Waals surface area contributed by atoms with E-state index in [-0.39, 0.29) is 41.1 Å². The van der Waals surface area contributed by atoms with Crippen molar-refractivity contribution in [1.82, 2.24) is 14.9 Å². The lowest BCUT2D eigenvalue weighted by Gasteiger charge is -2.19. The number of rotatable bonds is 8. The molecule has 8 heteroatoms. The molecule has 2 rings (SSSR count). The molecule has 174 valence electrons. The van der Waals surface area contributed by atoms with E-state index in [1.807, 2.05) is 19.1 Å². The van der Waals surface area contributed by atoms with Gasteiger partial charge < -0.3 is 10.6 Å². The zero-order chi connectivity index (χ0) is 24.1. The number of nitrogens with zero attached hydrogens (tertiary/aromatic N) is 1. The molecule has 0 aliphatic heterocycles. The van der Waals surface area contributed by atoms with Gasteiger partial charge in [-0.15, -0.1) is 0 Å². The normalized spacial score (nSPS) is 13.0. The SMILES string of the molecule is CC(NC(=O)CCNC(=O)c1ccc(C(C)(C)C)cc1)c1ccc(S(=O)(=O)N(C)C)cc1. The molecule has 2 aromatic rings. The summed E-state index contributed by atoms with van der Waals surface area (Å²) in [6.07, 6.45) is 0.142. The molecule has 2 aromatic carbocycles. The Morgan fingerprint density at radius 3 is 2.03 bits per heavy atom. The lowest BCUT2D eigenvalue weighted by Crippen LogP contribution is -2.32. The van der Waals surface area contributed by atoms with Crippen molar-refractivity contribution < 1.29 is 18.0 Å². The zero-order valence-corrected chi connectivity index (χ0v) is 20.4. The maximum atomic E-state index is 12.3. The van der Waals surface area contributed by atoms with E-state index in [2.05, 4.69) is 31.4 Å². The minimum absolute atomic E-state index is 0.0186. The van der Waals surface area contributed by atoms with Crippen LogP contribution in [0, 0.1) is 0 Å². The van der Waals surface area contributed by atoms with Gasteiger partial charge >= 0.3 is 0 Å². The Morgan fingerprint density at radius 1 is 0.969 bits per heavy atom. The third-order valence-corrected chi connectivity index (χ3v) is 7.02. The summed E-state index contributed by atoms with van der Waals surface area (Å²) in [6, 6.07) is 13.6. The molecule has 0 aliphatic rings. The van der Waals surface area contributed by atoms with Crippen molar-refractivity contribution in [3.8, 4) is 0 Å². The zero-order valence-electron chi connectivity index (χ0n) is 19.6. The molecule has 0 aliphatic carbocycles. The average Bonchev–Trinajstić information content (AvgIpc) is 2.73. The number of benzene rings is 2. The van der Waals surface area contributed by atoms with Crippen molar-refractivity contribution in [2.24, 2.45) is 0 Å². The second kappa shape index (κ2) is 10.3. The maximum absolute atomic E-state index is 12.3. The highest BCUT2D eigenvalue weighted by Gasteiger charge is 2.18. The van der Waals surface area contributed by atoms with Crippen LogP contribution in [-0.4, -0.2) is 45.2 Å². The van der Waals surface area contributed by atoms with E-state index in [0.29, 0.717) is 5.56 Å². The fourth-order valence-electron chi connectivity index (χ4n) is 3.05. The highest BCUT2D eigenvalue weighted by molar-refractivity contribution is 7.89. The summed E-state index contributed by atoms with van der Waals surface area (Å²) in [4.78, 5) is 24.7. The summed E-state index contributed by atoms with van der Waals surface area (Å²) in [7, 11) is -0.534. The first-order valence-electron chi connectivity index (χ1n) is 10.5. The molecule has 7 nitrogen and oxygen atoms in total. The van der Waals surface area contributed by atoms with Gasteiger partial charge in [0.2, 0.25) is 15.9 Å². The Kier molecular flexibility index (Phi) is 8.20. The Labute approximate surface area is 191 Å². The molecule has 0 bridgehead atoms. The van der Waals surface area contributed by atoms with Crippen molar-refractivity contribution in [2.45, 2.75) is 50.5 Å². The molecule has 0 fully saturated rings. The van der Waals surface area contributed by atoms with E-state index in [1.165, 1.54) is 26.2 Å². The van der Waals surface area contributed by atoms with Gasteiger partial charge in [0.05, 0.1) is 10.9 Å². The van der Waals surface area contributed by atoms with Crippen LogP contribution in [-0.2, 0) is 20.2 Å². The fourth-order valence-corrected chi connectivity index (χ4v) is 3.95. The van der Waals surface area contributed by atoms with Gasteiger partial charge in [-0.3, -0.25) is 9.59 Å². The number of hydrogen-bond donors (Lipinski definition) is 2. The Hall–Kier alpha value is -2.71. The Morgan fingerprint density at radius 2 is 1.53 bits per heavy atom. The van der Waals surface area contributed by atoms with Gasteiger partial charge in [-0.2, -0.15) is 0 Å². The first kappa shape index (κ1) is 25.5. The van der Waals surface area contributed by atoms with Crippen molar-refractivity contribution in [3.63, 3.8) is 0 Å². The molecule has 2 N–H and O–H groups in total. The molecule has 0 spiro atoms. The van der Waals surface area contributed by atoms with E-state index < -0.39 is 10.0 Å². The van der Waals surface area contributed by atoms with E-state index >= 15 is 0 Å². The molecule has 0 saturated carbocycles. The third-order valence-electron chi connectivity index (χ3n) is 5.19. The van der Waals surface area contributed by atoms with E-state index in [9.17, 15) is 18.0 Å². The first-order valence-corrected chi connectivity index (χ1v) is 12.0. The predicted molar refractivity (Wildman–Crippen MR) is 126 cm³/mol. The topological polar surface area (TPSA) is 95.6 Å². The smallest absolute Gasteiger partial charge is 0.251 e. The lowest BCUT2D eigenvalue weighted by atomic mass is 9.87. The molecule has 0 aromatic heterocycles. The summed E-state index contributed by atoms with van der Waals surface area (Å²) >= 11 is 0. The third kappa shape index (κ3) is 6.64. The van der Waals surface area contributed by atoms with Gasteiger partial charge in [0.25, 0.3) is 5.91 Å². The van der Waals surface area contributed by atoms with Crippen molar-refractivity contribution in [1.29, 1.82) is 0 Å². The summed E-state index contributed by atoms with van der Waals surface area (Å²) in [5, 5.41) is 5.63. The minimum Gasteiger partial charge on any atom is -0.352 e. The fraction of sp³-hybridized carbons (Fsp3) is 0.417. The van der Waals surface area contributed by atoms with Gasteiger partial charge in [0, 0.05) is 32.6 Å². The maximum Gasteiger partial charge on any atom is 0.251 e.